The van der Waals surface area contributed by atoms with Gasteiger partial charge in [-0.1, -0.05) is 32.9 Å². The lowest BCUT2D eigenvalue weighted by molar-refractivity contribution is 0.383. The smallest absolute Gasteiger partial charge is 0.216 e. The second-order valence-corrected chi connectivity index (χ2v) is 7.44. The van der Waals surface area contributed by atoms with Gasteiger partial charge in [-0.25, -0.2) is 15.0 Å². The van der Waals surface area contributed by atoms with Gasteiger partial charge in [0, 0.05) is 24.9 Å². The highest BCUT2D eigenvalue weighted by molar-refractivity contribution is 14.0. The Morgan fingerprint density at radius 2 is 2.00 bits per heavy atom. The zero-order chi connectivity index (χ0) is 19.3. The Balaban J connectivity index is 0.00000280. The fourth-order valence-electron chi connectivity index (χ4n) is 2.64. The van der Waals surface area contributed by atoms with Gasteiger partial charge < -0.3 is 20.0 Å². The molecule has 0 unspecified atom stereocenters. The number of para-hydroxylation sites is 2. The molecule has 3 N–H and O–H groups in total. The number of imidazole rings is 1. The number of halogens is 1. The largest absolute Gasteiger partial charge is 0.443 e. The third-order valence-electron chi connectivity index (χ3n) is 4.10. The quantitative estimate of drug-likeness (QED) is 0.275. The molecule has 0 aliphatic rings. The van der Waals surface area contributed by atoms with Crippen LogP contribution in [0.3, 0.4) is 0 Å². The number of fused-ring (bicyclic) bond motifs is 1. The van der Waals surface area contributed by atoms with Gasteiger partial charge in [-0.05, 0) is 19.1 Å². The Morgan fingerprint density at radius 1 is 1.21 bits per heavy atom. The van der Waals surface area contributed by atoms with E-state index in [2.05, 4.69) is 51.3 Å². The van der Waals surface area contributed by atoms with Crippen LogP contribution in [-0.2, 0) is 18.4 Å². The van der Waals surface area contributed by atoms with Crippen LogP contribution in [0.15, 0.2) is 39.9 Å². The fourth-order valence-corrected chi connectivity index (χ4v) is 2.64. The number of aromatic amines is 1. The predicted octanol–water partition coefficient (Wildman–Crippen LogP) is 3.76. The third-order valence-corrected chi connectivity index (χ3v) is 4.10. The molecule has 0 spiro atoms. The van der Waals surface area contributed by atoms with E-state index >= 15 is 0 Å². The maximum absolute atomic E-state index is 5.80. The summed E-state index contributed by atoms with van der Waals surface area (Å²) in [5, 5.41) is 6.57. The molecule has 2 aromatic heterocycles. The Morgan fingerprint density at radius 3 is 2.68 bits per heavy atom. The topological polar surface area (TPSA) is 91.1 Å². The molecule has 0 saturated carbocycles. The van der Waals surface area contributed by atoms with Crippen molar-refractivity contribution in [3.05, 3.63) is 47.9 Å². The molecule has 0 aliphatic carbocycles. The molecule has 8 heteroatoms. The van der Waals surface area contributed by atoms with Gasteiger partial charge in [-0.3, -0.25) is 0 Å². The molecule has 0 atom stereocenters. The number of aliphatic imine (C=N–C) groups is 1. The van der Waals surface area contributed by atoms with Crippen molar-refractivity contribution in [2.24, 2.45) is 4.99 Å². The number of nitrogens with zero attached hydrogens (tertiary/aromatic N) is 3. The lowest BCUT2D eigenvalue weighted by Gasteiger charge is -2.13. The maximum Gasteiger partial charge on any atom is 0.216 e. The monoisotopic (exact) mass is 496 g/mol. The Kier molecular flexibility index (Phi) is 7.85. The van der Waals surface area contributed by atoms with Crippen LogP contribution in [0, 0.1) is 0 Å². The van der Waals surface area contributed by atoms with Gasteiger partial charge in [0.15, 0.2) is 5.96 Å². The van der Waals surface area contributed by atoms with Crippen LogP contribution < -0.4 is 10.6 Å². The van der Waals surface area contributed by atoms with Gasteiger partial charge in [-0.2, -0.15) is 0 Å². The SMILES string of the molecule is CCNC(=NCc1ncc(C(C)(C)C)o1)NCCc1nc2ccccc2[nH]1.I. The first kappa shape index (κ1) is 22.2. The van der Waals surface area contributed by atoms with Crippen LogP contribution in [0.25, 0.3) is 11.0 Å². The number of hydrogen-bond donors (Lipinski definition) is 3. The van der Waals surface area contributed by atoms with Gasteiger partial charge in [-0.15, -0.1) is 24.0 Å². The van der Waals surface area contributed by atoms with Crippen LogP contribution in [0.5, 0.6) is 0 Å². The zero-order valence-electron chi connectivity index (χ0n) is 16.9. The van der Waals surface area contributed by atoms with Crippen LogP contribution in [0.2, 0.25) is 0 Å². The highest BCUT2D eigenvalue weighted by Gasteiger charge is 2.19. The van der Waals surface area contributed by atoms with E-state index in [0.29, 0.717) is 12.4 Å². The van der Waals surface area contributed by atoms with Crippen molar-refractivity contribution < 1.29 is 4.42 Å². The summed E-state index contributed by atoms with van der Waals surface area (Å²) in [6.45, 7) is 10.3. The van der Waals surface area contributed by atoms with E-state index in [1.807, 2.05) is 31.2 Å². The summed E-state index contributed by atoms with van der Waals surface area (Å²) >= 11 is 0. The number of guanidine groups is 1. The zero-order valence-corrected chi connectivity index (χ0v) is 19.2. The van der Waals surface area contributed by atoms with Crippen molar-refractivity contribution in [1.29, 1.82) is 0 Å². The normalized spacial score (nSPS) is 12.1. The molecule has 152 valence electrons. The van der Waals surface area contributed by atoms with E-state index in [9.17, 15) is 0 Å². The average Bonchev–Trinajstić information content (AvgIpc) is 3.26. The molecule has 1 aromatic carbocycles. The number of aromatic nitrogens is 3. The summed E-state index contributed by atoms with van der Waals surface area (Å²) in [4.78, 5) is 16.8. The van der Waals surface area contributed by atoms with Crippen LogP contribution >= 0.6 is 24.0 Å². The Bertz CT molecular complexity index is 876. The third kappa shape index (κ3) is 5.95. The van der Waals surface area contributed by atoms with Crippen molar-refractivity contribution in [3.8, 4) is 0 Å². The second-order valence-electron chi connectivity index (χ2n) is 7.44. The predicted molar refractivity (Wildman–Crippen MR) is 123 cm³/mol. The summed E-state index contributed by atoms with van der Waals surface area (Å²) in [6.07, 6.45) is 2.57. The van der Waals surface area contributed by atoms with Crippen molar-refractivity contribution in [3.63, 3.8) is 0 Å². The number of H-pyrrole nitrogens is 1. The molecule has 3 aromatic rings. The van der Waals surface area contributed by atoms with E-state index in [0.717, 1.165) is 48.1 Å². The molecule has 7 nitrogen and oxygen atoms in total. The van der Waals surface area contributed by atoms with E-state index < -0.39 is 0 Å². The van der Waals surface area contributed by atoms with Gasteiger partial charge in [0.1, 0.15) is 18.1 Å². The van der Waals surface area contributed by atoms with E-state index in [1.165, 1.54) is 0 Å². The molecule has 0 saturated heterocycles. The standard InChI is InChI=1S/C20H28N6O.HI/c1-5-21-19(24-13-18-23-12-16(27-18)20(2,3)4)22-11-10-17-25-14-8-6-7-9-15(14)26-17;/h6-9,12H,5,10-11,13H2,1-4H3,(H,25,26)(H2,21,22,24);1H. The Hall–Kier alpha value is -2.10. The molecule has 28 heavy (non-hydrogen) atoms. The highest BCUT2D eigenvalue weighted by atomic mass is 127. The number of benzene rings is 1. The fraction of sp³-hybridized carbons (Fsp3) is 0.450. The first-order valence-corrected chi connectivity index (χ1v) is 9.36. The maximum atomic E-state index is 5.80. The highest BCUT2D eigenvalue weighted by Crippen LogP contribution is 2.22. The molecular weight excluding hydrogens is 467 g/mol. The number of rotatable bonds is 6. The molecule has 2 heterocycles. The summed E-state index contributed by atoms with van der Waals surface area (Å²) in [7, 11) is 0. The Labute approximate surface area is 182 Å². The molecular formula is C20H29IN6O. The molecule has 0 bridgehead atoms. The molecule has 3 rings (SSSR count). The minimum atomic E-state index is -0.0513. The second kappa shape index (κ2) is 9.90. The van der Waals surface area contributed by atoms with Gasteiger partial charge >= 0.3 is 0 Å². The lowest BCUT2D eigenvalue weighted by Crippen LogP contribution is -2.38. The molecule has 0 amide bonds. The van der Waals surface area contributed by atoms with Crippen LogP contribution in [-0.4, -0.2) is 34.0 Å². The molecule has 0 radical (unpaired) electrons. The number of nitrogens with one attached hydrogen (secondary N) is 3. The molecule has 0 fully saturated rings. The number of oxazole rings is 1. The van der Waals surface area contributed by atoms with Crippen molar-refractivity contribution in [2.75, 3.05) is 13.1 Å². The summed E-state index contributed by atoms with van der Waals surface area (Å²) in [5.41, 5.74) is 2.00. The van der Waals surface area contributed by atoms with Crippen LogP contribution in [0.4, 0.5) is 0 Å². The van der Waals surface area contributed by atoms with Crippen LogP contribution in [0.1, 0.15) is 45.2 Å². The summed E-state index contributed by atoms with van der Waals surface area (Å²) in [6, 6.07) is 8.05. The van der Waals surface area contributed by atoms with E-state index in [-0.39, 0.29) is 29.4 Å². The molecule has 0 aliphatic heterocycles. The summed E-state index contributed by atoms with van der Waals surface area (Å²) in [5.74, 6) is 3.19. The number of hydrogen-bond acceptors (Lipinski definition) is 4. The minimum Gasteiger partial charge on any atom is -0.443 e. The van der Waals surface area contributed by atoms with E-state index in [4.69, 9.17) is 4.42 Å². The average molecular weight is 496 g/mol. The first-order chi connectivity index (χ1) is 13.0. The van der Waals surface area contributed by atoms with Gasteiger partial charge in [0.25, 0.3) is 0 Å². The summed E-state index contributed by atoms with van der Waals surface area (Å²) < 4.78 is 5.80. The van der Waals surface area contributed by atoms with Crippen molar-refractivity contribution in [1.82, 2.24) is 25.6 Å². The minimum absolute atomic E-state index is 0. The lowest BCUT2D eigenvalue weighted by atomic mass is 9.94. The van der Waals surface area contributed by atoms with Crippen molar-refractivity contribution >= 4 is 41.0 Å². The van der Waals surface area contributed by atoms with Crippen molar-refractivity contribution in [2.45, 2.75) is 46.1 Å². The first-order valence-electron chi connectivity index (χ1n) is 9.36. The van der Waals surface area contributed by atoms with Gasteiger partial charge in [0.2, 0.25) is 5.89 Å². The van der Waals surface area contributed by atoms with E-state index in [1.54, 1.807) is 6.20 Å². The van der Waals surface area contributed by atoms with Gasteiger partial charge in [0.05, 0.1) is 17.2 Å².